The van der Waals surface area contributed by atoms with E-state index in [0.717, 1.165) is 30.4 Å². The van der Waals surface area contributed by atoms with Crippen LogP contribution in [0.15, 0.2) is 42.5 Å². The summed E-state index contributed by atoms with van der Waals surface area (Å²) in [4.78, 5) is 50.8. The molecule has 5 aliphatic carbocycles. The fraction of sp³-hybridized carbons (Fsp3) is 0.448. The van der Waals surface area contributed by atoms with Gasteiger partial charge in [-0.15, -0.1) is 0 Å². The largest absolute Gasteiger partial charge is 0.481 e. The van der Waals surface area contributed by atoms with E-state index in [1.807, 2.05) is 18.2 Å². The van der Waals surface area contributed by atoms with Crippen molar-refractivity contribution in [3.8, 4) is 11.1 Å². The maximum atomic E-state index is 13.4. The van der Waals surface area contributed by atoms with Crippen molar-refractivity contribution in [3.63, 3.8) is 0 Å². The highest BCUT2D eigenvalue weighted by Gasteiger charge is 2.52. The summed E-state index contributed by atoms with van der Waals surface area (Å²) in [6, 6.07) is 11.4. The number of benzene rings is 2. The summed E-state index contributed by atoms with van der Waals surface area (Å²) < 4.78 is 0. The fourth-order valence-corrected chi connectivity index (χ4v) is 7.56. The Bertz CT molecular complexity index is 1250. The van der Waals surface area contributed by atoms with Crippen LogP contribution in [0.4, 0.5) is 0 Å². The molecule has 5 aliphatic rings. The van der Waals surface area contributed by atoms with Crippen LogP contribution < -0.4 is 10.6 Å². The smallest absolute Gasteiger partial charge is 0.303 e. The molecule has 0 radical (unpaired) electrons. The van der Waals surface area contributed by atoms with E-state index in [9.17, 15) is 24.3 Å². The number of amides is 2. The summed E-state index contributed by atoms with van der Waals surface area (Å²) in [5.41, 5.74) is 2.75. The quantitative estimate of drug-likeness (QED) is 0.468. The first-order valence-electron chi connectivity index (χ1n) is 12.9. The van der Waals surface area contributed by atoms with Gasteiger partial charge in [0.15, 0.2) is 5.78 Å². The standard InChI is InChI=1S/C29H30N2O5/c32-25(33)8-7-24(28(36)31-29-13-16-9-17(14-29)11-18(10-16)15-29)30-27(35)19-5-6-21-20-3-1-2-4-22(20)26(34)23(21)12-19/h1-6,12,16-18,24H,7-11,13-15H2,(H,30,35)(H,31,36)(H,32,33)/t16?,17?,18?,24-,29?/m0/s1. The topological polar surface area (TPSA) is 113 Å². The van der Waals surface area contributed by atoms with Crippen LogP contribution in [-0.4, -0.2) is 40.3 Å². The van der Waals surface area contributed by atoms with Gasteiger partial charge < -0.3 is 15.7 Å². The third-order valence-electron chi connectivity index (χ3n) is 8.68. The van der Waals surface area contributed by atoms with Crippen molar-refractivity contribution in [1.29, 1.82) is 0 Å². The van der Waals surface area contributed by atoms with Crippen molar-refractivity contribution >= 4 is 23.6 Å². The minimum Gasteiger partial charge on any atom is -0.481 e. The maximum Gasteiger partial charge on any atom is 0.303 e. The highest BCUT2D eigenvalue weighted by Crippen LogP contribution is 2.55. The predicted octanol–water partition coefficient (Wildman–Crippen LogP) is 3.95. The SMILES string of the molecule is O=C(O)CC[C@H](NC(=O)c1ccc2c(c1)C(=O)c1ccccc1-2)C(=O)NC12CC3CC(CC(C3)C1)C2. The average Bonchev–Trinajstić information content (AvgIpc) is 3.12. The van der Waals surface area contributed by atoms with E-state index in [0.29, 0.717) is 28.9 Å². The van der Waals surface area contributed by atoms with Crippen molar-refractivity contribution < 1.29 is 24.3 Å². The summed E-state index contributed by atoms with van der Waals surface area (Å²) >= 11 is 0. The number of aliphatic carboxylic acids is 1. The van der Waals surface area contributed by atoms with E-state index in [-0.39, 0.29) is 35.6 Å². The Labute approximate surface area is 209 Å². The molecule has 7 rings (SSSR count). The van der Waals surface area contributed by atoms with Gasteiger partial charge in [-0.05, 0) is 86.0 Å². The lowest BCUT2D eigenvalue weighted by atomic mass is 9.53. The molecule has 0 unspecified atom stereocenters. The van der Waals surface area contributed by atoms with E-state index in [4.69, 9.17) is 0 Å². The van der Waals surface area contributed by atoms with Crippen molar-refractivity contribution in [2.24, 2.45) is 17.8 Å². The molecule has 186 valence electrons. The molecule has 0 heterocycles. The Hall–Kier alpha value is -3.48. The monoisotopic (exact) mass is 486 g/mol. The first kappa shape index (κ1) is 23.0. The second-order valence-corrected chi connectivity index (χ2v) is 11.3. The number of nitrogens with one attached hydrogen (secondary N) is 2. The van der Waals surface area contributed by atoms with Gasteiger partial charge >= 0.3 is 5.97 Å². The molecule has 2 aromatic rings. The summed E-state index contributed by atoms with van der Waals surface area (Å²) in [7, 11) is 0. The van der Waals surface area contributed by atoms with Crippen LogP contribution in [-0.2, 0) is 9.59 Å². The highest BCUT2D eigenvalue weighted by molar-refractivity contribution is 6.22. The molecule has 7 nitrogen and oxygen atoms in total. The van der Waals surface area contributed by atoms with Crippen molar-refractivity contribution in [2.45, 2.75) is 62.9 Å². The number of rotatable bonds is 7. The molecule has 0 aromatic heterocycles. The Kier molecular flexibility index (Phi) is 5.47. The van der Waals surface area contributed by atoms with Gasteiger partial charge in [0.05, 0.1) is 0 Å². The number of ketones is 1. The van der Waals surface area contributed by atoms with Gasteiger partial charge in [-0.25, -0.2) is 0 Å². The first-order valence-corrected chi connectivity index (χ1v) is 12.9. The van der Waals surface area contributed by atoms with E-state index < -0.39 is 17.9 Å². The van der Waals surface area contributed by atoms with Crippen LogP contribution in [0.1, 0.15) is 77.6 Å². The third-order valence-corrected chi connectivity index (χ3v) is 8.68. The van der Waals surface area contributed by atoms with Crippen molar-refractivity contribution in [1.82, 2.24) is 10.6 Å². The van der Waals surface area contributed by atoms with Crippen LogP contribution in [0, 0.1) is 17.8 Å². The molecule has 2 aromatic carbocycles. The zero-order chi connectivity index (χ0) is 25.0. The average molecular weight is 487 g/mol. The molecule has 7 heteroatoms. The molecule has 4 saturated carbocycles. The number of carbonyl (C=O) groups excluding carboxylic acids is 3. The Balaban J connectivity index is 1.20. The van der Waals surface area contributed by atoms with Gasteiger partial charge in [0.2, 0.25) is 5.91 Å². The van der Waals surface area contributed by atoms with Gasteiger partial charge in [-0.2, -0.15) is 0 Å². The summed E-state index contributed by atoms with van der Waals surface area (Å²) in [6.45, 7) is 0. The first-order chi connectivity index (χ1) is 17.3. The Morgan fingerprint density at radius 1 is 0.889 bits per heavy atom. The van der Waals surface area contributed by atoms with E-state index >= 15 is 0 Å². The molecule has 0 saturated heterocycles. The normalized spacial score (nSPS) is 27.8. The molecule has 0 aliphatic heterocycles. The molecule has 0 spiro atoms. The number of fused-ring (bicyclic) bond motifs is 3. The third kappa shape index (κ3) is 4.00. The number of carboxylic acid groups (broad SMARTS) is 1. The van der Waals surface area contributed by atoms with Crippen LogP contribution in [0.25, 0.3) is 11.1 Å². The number of carbonyl (C=O) groups is 4. The van der Waals surface area contributed by atoms with E-state index in [1.54, 1.807) is 24.3 Å². The summed E-state index contributed by atoms with van der Waals surface area (Å²) in [6.07, 6.45) is 6.43. The molecule has 1 atom stereocenters. The second-order valence-electron chi connectivity index (χ2n) is 11.3. The maximum absolute atomic E-state index is 13.4. The van der Waals surface area contributed by atoms with Gasteiger partial charge in [-0.3, -0.25) is 19.2 Å². The van der Waals surface area contributed by atoms with Gasteiger partial charge in [0.25, 0.3) is 5.91 Å². The molecule has 4 fully saturated rings. The Morgan fingerprint density at radius 3 is 2.14 bits per heavy atom. The predicted molar refractivity (Wildman–Crippen MR) is 132 cm³/mol. The Morgan fingerprint density at radius 2 is 1.50 bits per heavy atom. The van der Waals surface area contributed by atoms with Crippen LogP contribution >= 0.6 is 0 Å². The van der Waals surface area contributed by atoms with E-state index in [1.165, 1.54) is 19.3 Å². The molecule has 4 bridgehead atoms. The van der Waals surface area contributed by atoms with Crippen molar-refractivity contribution in [3.05, 3.63) is 59.2 Å². The van der Waals surface area contributed by atoms with Gasteiger partial charge in [-0.1, -0.05) is 30.3 Å². The molecular weight excluding hydrogens is 456 g/mol. The molecule has 2 amide bonds. The molecular formula is C29H30N2O5. The zero-order valence-electron chi connectivity index (χ0n) is 20.1. The zero-order valence-corrected chi connectivity index (χ0v) is 20.1. The lowest BCUT2D eigenvalue weighted by molar-refractivity contribution is -0.137. The molecule has 36 heavy (non-hydrogen) atoms. The van der Waals surface area contributed by atoms with E-state index in [2.05, 4.69) is 10.6 Å². The number of hydrogen-bond acceptors (Lipinski definition) is 4. The van der Waals surface area contributed by atoms with Crippen LogP contribution in [0.3, 0.4) is 0 Å². The number of carboxylic acids is 1. The minimum atomic E-state index is -1.02. The highest BCUT2D eigenvalue weighted by atomic mass is 16.4. The van der Waals surface area contributed by atoms with Gasteiger partial charge in [0, 0.05) is 28.7 Å². The van der Waals surface area contributed by atoms with Gasteiger partial charge in [0.1, 0.15) is 6.04 Å². The van der Waals surface area contributed by atoms with Crippen LogP contribution in [0.2, 0.25) is 0 Å². The summed E-state index contributed by atoms with van der Waals surface area (Å²) in [5.74, 6) is 0.00818. The fourth-order valence-electron chi connectivity index (χ4n) is 7.56. The number of hydrogen-bond donors (Lipinski definition) is 3. The second kappa shape index (κ2) is 8.57. The lowest BCUT2D eigenvalue weighted by Crippen LogP contribution is -2.62. The van der Waals surface area contributed by atoms with Crippen LogP contribution in [0.5, 0.6) is 0 Å². The van der Waals surface area contributed by atoms with Crippen molar-refractivity contribution in [2.75, 3.05) is 0 Å². The lowest BCUT2D eigenvalue weighted by Gasteiger charge is -2.57. The molecule has 3 N–H and O–H groups in total. The minimum absolute atomic E-state index is 0.00852. The summed E-state index contributed by atoms with van der Waals surface area (Å²) in [5, 5.41) is 15.3.